The molecule has 2 aromatic carbocycles. The molecule has 96 valence electrons. The van der Waals surface area contributed by atoms with Crippen molar-refractivity contribution in [2.75, 3.05) is 12.4 Å². The van der Waals surface area contributed by atoms with Crippen molar-refractivity contribution >= 4 is 23.0 Å². The van der Waals surface area contributed by atoms with Crippen molar-refractivity contribution in [3.8, 4) is 11.8 Å². The fourth-order valence-corrected chi connectivity index (χ4v) is 1.78. The summed E-state index contributed by atoms with van der Waals surface area (Å²) in [4.78, 5) is 0. The van der Waals surface area contributed by atoms with Crippen molar-refractivity contribution in [1.82, 2.24) is 0 Å². The Hall–Kier alpha value is -2.25. The SMILES string of the molecule is COc1cc(Nc2cc(Cl)ccc2C#N)ccc1F. The van der Waals surface area contributed by atoms with Crippen LogP contribution in [0.3, 0.4) is 0 Å². The maximum Gasteiger partial charge on any atom is 0.165 e. The Kier molecular flexibility index (Phi) is 3.88. The Labute approximate surface area is 115 Å². The highest BCUT2D eigenvalue weighted by Crippen LogP contribution is 2.27. The smallest absolute Gasteiger partial charge is 0.165 e. The van der Waals surface area contributed by atoms with Crippen molar-refractivity contribution in [1.29, 1.82) is 5.26 Å². The summed E-state index contributed by atoms with van der Waals surface area (Å²) in [5.41, 5.74) is 1.62. The lowest BCUT2D eigenvalue weighted by Gasteiger charge is -2.10. The fraction of sp³-hybridized carbons (Fsp3) is 0.0714. The highest BCUT2D eigenvalue weighted by atomic mass is 35.5. The van der Waals surface area contributed by atoms with Gasteiger partial charge in [-0.1, -0.05) is 11.6 Å². The van der Waals surface area contributed by atoms with Gasteiger partial charge in [-0.2, -0.15) is 5.26 Å². The number of hydrogen-bond donors (Lipinski definition) is 1. The van der Waals surface area contributed by atoms with Crippen LogP contribution >= 0.6 is 11.6 Å². The molecular formula is C14H10ClFN2O. The second kappa shape index (κ2) is 5.59. The summed E-state index contributed by atoms with van der Waals surface area (Å²) in [5, 5.41) is 12.5. The Balaban J connectivity index is 2.36. The molecule has 0 saturated carbocycles. The minimum absolute atomic E-state index is 0.130. The second-order valence-corrected chi connectivity index (χ2v) is 4.21. The molecule has 3 nitrogen and oxygen atoms in total. The van der Waals surface area contributed by atoms with Crippen LogP contribution in [0.15, 0.2) is 36.4 Å². The van der Waals surface area contributed by atoms with Crippen LogP contribution in [0, 0.1) is 17.1 Å². The molecule has 0 bridgehead atoms. The van der Waals surface area contributed by atoms with E-state index in [9.17, 15) is 4.39 Å². The van der Waals surface area contributed by atoms with Crippen LogP contribution in [0.1, 0.15) is 5.56 Å². The zero-order valence-electron chi connectivity index (χ0n) is 10.1. The third-order valence-corrected chi connectivity index (χ3v) is 2.77. The summed E-state index contributed by atoms with van der Waals surface area (Å²) < 4.78 is 18.2. The summed E-state index contributed by atoms with van der Waals surface area (Å²) in [6.07, 6.45) is 0. The average molecular weight is 277 g/mol. The maximum atomic E-state index is 13.3. The fourth-order valence-electron chi connectivity index (χ4n) is 1.61. The third-order valence-electron chi connectivity index (χ3n) is 2.53. The van der Waals surface area contributed by atoms with Crippen LogP contribution in [0.2, 0.25) is 5.02 Å². The topological polar surface area (TPSA) is 45.0 Å². The van der Waals surface area contributed by atoms with E-state index < -0.39 is 5.82 Å². The molecule has 5 heteroatoms. The van der Waals surface area contributed by atoms with Gasteiger partial charge in [-0.15, -0.1) is 0 Å². The van der Waals surface area contributed by atoms with Gasteiger partial charge in [0, 0.05) is 16.8 Å². The molecule has 0 radical (unpaired) electrons. The molecule has 0 atom stereocenters. The molecule has 0 unspecified atom stereocenters. The minimum Gasteiger partial charge on any atom is -0.494 e. The van der Waals surface area contributed by atoms with Gasteiger partial charge < -0.3 is 10.1 Å². The first-order valence-electron chi connectivity index (χ1n) is 5.44. The average Bonchev–Trinajstić information content (AvgIpc) is 2.41. The molecule has 0 fully saturated rings. The number of hydrogen-bond acceptors (Lipinski definition) is 3. The van der Waals surface area contributed by atoms with E-state index in [-0.39, 0.29) is 5.75 Å². The molecule has 2 rings (SSSR count). The van der Waals surface area contributed by atoms with Crippen LogP contribution in [0.4, 0.5) is 15.8 Å². The Morgan fingerprint density at radius 3 is 2.74 bits per heavy atom. The van der Waals surface area contributed by atoms with E-state index in [0.29, 0.717) is 22.0 Å². The molecule has 19 heavy (non-hydrogen) atoms. The van der Waals surface area contributed by atoms with Crippen molar-refractivity contribution in [3.63, 3.8) is 0 Å². The highest BCUT2D eigenvalue weighted by molar-refractivity contribution is 6.30. The van der Waals surface area contributed by atoms with Crippen LogP contribution < -0.4 is 10.1 Å². The Morgan fingerprint density at radius 2 is 2.05 bits per heavy atom. The number of anilines is 2. The van der Waals surface area contributed by atoms with E-state index in [0.717, 1.165) is 0 Å². The summed E-state index contributed by atoms with van der Waals surface area (Å²) in [7, 11) is 1.39. The van der Waals surface area contributed by atoms with Crippen molar-refractivity contribution in [2.45, 2.75) is 0 Å². The molecular weight excluding hydrogens is 267 g/mol. The van der Waals surface area contributed by atoms with Crippen molar-refractivity contribution in [2.24, 2.45) is 0 Å². The molecule has 2 aromatic rings. The number of halogens is 2. The maximum absolute atomic E-state index is 13.3. The summed E-state index contributed by atoms with van der Waals surface area (Å²) in [6, 6.07) is 11.3. The number of nitriles is 1. The van der Waals surface area contributed by atoms with Crippen molar-refractivity contribution in [3.05, 3.63) is 52.8 Å². The minimum atomic E-state index is -0.445. The van der Waals surface area contributed by atoms with Gasteiger partial charge in [0.15, 0.2) is 11.6 Å². The van der Waals surface area contributed by atoms with Gasteiger partial charge in [0.2, 0.25) is 0 Å². The van der Waals surface area contributed by atoms with E-state index >= 15 is 0 Å². The molecule has 0 spiro atoms. The molecule has 0 aliphatic rings. The molecule has 0 aromatic heterocycles. The first-order valence-corrected chi connectivity index (χ1v) is 5.82. The van der Waals surface area contributed by atoms with E-state index in [1.165, 1.54) is 19.2 Å². The van der Waals surface area contributed by atoms with E-state index in [4.69, 9.17) is 21.6 Å². The zero-order chi connectivity index (χ0) is 13.8. The molecule has 1 N–H and O–H groups in total. The second-order valence-electron chi connectivity index (χ2n) is 3.78. The lowest BCUT2D eigenvalue weighted by molar-refractivity contribution is 0.387. The molecule has 0 amide bonds. The van der Waals surface area contributed by atoms with Gasteiger partial charge in [0.05, 0.1) is 18.4 Å². The molecule has 0 aliphatic carbocycles. The highest BCUT2D eigenvalue weighted by Gasteiger charge is 2.07. The van der Waals surface area contributed by atoms with Gasteiger partial charge in [0.1, 0.15) is 6.07 Å². The van der Waals surface area contributed by atoms with E-state index in [2.05, 4.69) is 11.4 Å². The first-order chi connectivity index (χ1) is 9.13. The number of nitrogens with zero attached hydrogens (tertiary/aromatic N) is 1. The number of ether oxygens (including phenoxy) is 1. The summed E-state index contributed by atoms with van der Waals surface area (Å²) in [6.45, 7) is 0. The van der Waals surface area contributed by atoms with Gasteiger partial charge in [-0.05, 0) is 30.3 Å². The Bertz CT molecular complexity index is 652. The molecule has 0 saturated heterocycles. The predicted molar refractivity (Wildman–Crippen MR) is 72.4 cm³/mol. The van der Waals surface area contributed by atoms with Gasteiger partial charge in [-0.3, -0.25) is 0 Å². The standard InChI is InChI=1S/C14H10ClFN2O/c1-19-14-7-11(4-5-12(14)16)18-13-6-10(15)3-2-9(13)8-17/h2-7,18H,1H3. The van der Waals surface area contributed by atoms with E-state index in [1.54, 1.807) is 24.3 Å². The molecule has 0 aliphatic heterocycles. The lowest BCUT2D eigenvalue weighted by atomic mass is 10.2. The van der Waals surface area contributed by atoms with E-state index in [1.807, 2.05) is 0 Å². The summed E-state index contributed by atoms with van der Waals surface area (Å²) in [5.74, 6) is -0.315. The number of benzene rings is 2. The quantitative estimate of drug-likeness (QED) is 0.918. The number of rotatable bonds is 3. The monoisotopic (exact) mass is 276 g/mol. The van der Waals surface area contributed by atoms with Crippen LogP contribution in [-0.2, 0) is 0 Å². The Morgan fingerprint density at radius 1 is 1.26 bits per heavy atom. The summed E-state index contributed by atoms with van der Waals surface area (Å²) >= 11 is 5.89. The van der Waals surface area contributed by atoms with Gasteiger partial charge >= 0.3 is 0 Å². The van der Waals surface area contributed by atoms with Crippen LogP contribution in [-0.4, -0.2) is 7.11 Å². The normalized spacial score (nSPS) is 9.79. The molecule has 0 heterocycles. The number of methoxy groups -OCH3 is 1. The first kappa shape index (κ1) is 13.2. The van der Waals surface area contributed by atoms with Crippen LogP contribution in [0.5, 0.6) is 5.75 Å². The number of nitrogens with one attached hydrogen (secondary N) is 1. The van der Waals surface area contributed by atoms with Gasteiger partial charge in [0.25, 0.3) is 0 Å². The van der Waals surface area contributed by atoms with Crippen molar-refractivity contribution < 1.29 is 9.13 Å². The zero-order valence-corrected chi connectivity index (χ0v) is 10.8. The lowest BCUT2D eigenvalue weighted by Crippen LogP contribution is -1.95. The van der Waals surface area contributed by atoms with Crippen LogP contribution in [0.25, 0.3) is 0 Å². The third kappa shape index (κ3) is 2.95. The predicted octanol–water partition coefficient (Wildman–Crippen LogP) is 4.10. The van der Waals surface area contributed by atoms with Gasteiger partial charge in [-0.25, -0.2) is 4.39 Å². The largest absolute Gasteiger partial charge is 0.494 e.